The number of anilines is 1. The molecule has 0 spiro atoms. The summed E-state index contributed by atoms with van der Waals surface area (Å²) in [6, 6.07) is 19.1. The number of hydrogen-bond donors (Lipinski definition) is 1. The predicted octanol–water partition coefficient (Wildman–Crippen LogP) is 6.16. The van der Waals surface area contributed by atoms with Crippen LogP contribution in [0.1, 0.15) is 37.7 Å². The van der Waals surface area contributed by atoms with Crippen LogP contribution in [0.2, 0.25) is 0 Å². The number of hydrogen-bond acceptors (Lipinski definition) is 3. The molecule has 0 amide bonds. The summed E-state index contributed by atoms with van der Waals surface area (Å²) in [5.74, 6) is 0.663. The maximum absolute atomic E-state index is 11.2. The van der Waals surface area contributed by atoms with Crippen LogP contribution >= 0.6 is 0 Å². The lowest BCUT2D eigenvalue weighted by Crippen LogP contribution is -2.10. The highest BCUT2D eigenvalue weighted by Gasteiger charge is 2.19. The monoisotopic (exact) mass is 417 g/mol. The summed E-state index contributed by atoms with van der Waals surface area (Å²) in [6.45, 7) is 0.705. The minimum Gasteiger partial charge on any atom is -0.492 e. The van der Waals surface area contributed by atoms with Crippen LogP contribution in [-0.2, 0) is 11.2 Å². The highest BCUT2D eigenvalue weighted by molar-refractivity contribution is 5.90. The van der Waals surface area contributed by atoms with Crippen LogP contribution < -0.4 is 9.64 Å². The Morgan fingerprint density at radius 2 is 1.77 bits per heavy atom. The van der Waals surface area contributed by atoms with Gasteiger partial charge in [0.2, 0.25) is 0 Å². The number of carboxylic acids is 1. The summed E-state index contributed by atoms with van der Waals surface area (Å²) in [5.41, 5.74) is 4.29. The van der Waals surface area contributed by atoms with E-state index in [-0.39, 0.29) is 6.42 Å². The summed E-state index contributed by atoms with van der Waals surface area (Å²) in [7, 11) is 4.10. The molecule has 1 aliphatic carbocycles. The van der Waals surface area contributed by atoms with Gasteiger partial charge in [-0.05, 0) is 65.3 Å². The molecule has 3 aromatic carbocycles. The van der Waals surface area contributed by atoms with Crippen molar-refractivity contribution in [1.29, 1.82) is 0 Å². The van der Waals surface area contributed by atoms with Crippen molar-refractivity contribution in [2.75, 3.05) is 25.6 Å². The number of nitrogens with zero attached hydrogens (tertiary/aromatic N) is 1. The van der Waals surface area contributed by atoms with Gasteiger partial charge in [0, 0.05) is 31.8 Å². The summed E-state index contributed by atoms with van der Waals surface area (Å²) in [6.07, 6.45) is 5.58. The van der Waals surface area contributed by atoms with Gasteiger partial charge in [0.15, 0.2) is 0 Å². The molecule has 0 radical (unpaired) electrons. The number of carboxylic acid groups (broad SMARTS) is 1. The molecule has 4 nitrogen and oxygen atoms in total. The van der Waals surface area contributed by atoms with Crippen molar-refractivity contribution in [3.63, 3.8) is 0 Å². The summed E-state index contributed by atoms with van der Waals surface area (Å²) >= 11 is 0. The van der Waals surface area contributed by atoms with E-state index in [1.54, 1.807) is 0 Å². The van der Waals surface area contributed by atoms with Crippen molar-refractivity contribution in [3.8, 4) is 16.9 Å². The van der Waals surface area contributed by atoms with Gasteiger partial charge in [-0.2, -0.15) is 0 Å². The first-order chi connectivity index (χ1) is 15.0. The number of fused-ring (bicyclic) bond motifs is 1. The zero-order chi connectivity index (χ0) is 21.8. The fourth-order valence-electron chi connectivity index (χ4n) is 4.48. The van der Waals surface area contributed by atoms with E-state index in [0.29, 0.717) is 18.9 Å². The van der Waals surface area contributed by atoms with Crippen molar-refractivity contribution in [3.05, 3.63) is 60.2 Å². The van der Waals surface area contributed by atoms with Crippen molar-refractivity contribution in [1.82, 2.24) is 0 Å². The lowest BCUT2D eigenvalue weighted by Gasteiger charge is -2.19. The second-order valence-corrected chi connectivity index (χ2v) is 8.79. The maximum Gasteiger partial charge on any atom is 0.303 e. The molecule has 1 aliphatic rings. The van der Waals surface area contributed by atoms with E-state index < -0.39 is 5.97 Å². The van der Waals surface area contributed by atoms with Crippen molar-refractivity contribution in [2.24, 2.45) is 5.92 Å². The van der Waals surface area contributed by atoms with Crippen molar-refractivity contribution in [2.45, 2.75) is 38.5 Å². The molecule has 4 rings (SSSR count). The second-order valence-electron chi connectivity index (χ2n) is 8.79. The summed E-state index contributed by atoms with van der Waals surface area (Å²) in [5, 5.41) is 11.6. The Hall–Kier alpha value is -3.01. The highest BCUT2D eigenvalue weighted by Crippen LogP contribution is 2.37. The third kappa shape index (κ3) is 5.01. The third-order valence-electron chi connectivity index (χ3n) is 6.29. The van der Waals surface area contributed by atoms with Gasteiger partial charge in [-0.1, -0.05) is 49.2 Å². The van der Waals surface area contributed by atoms with Crippen LogP contribution in [0, 0.1) is 5.92 Å². The van der Waals surface area contributed by atoms with Gasteiger partial charge >= 0.3 is 5.97 Å². The first kappa shape index (κ1) is 21.2. The standard InChI is InChI=1S/C27H31NO3/c1-28(2)24-14-12-21-16-23(11-10-22(21)17-24)25-9-5-8-20(13-15-26(29)30)27(25)31-18-19-6-3-4-7-19/h5,8-12,14,16-17,19H,3-4,6-7,13,15,18H2,1-2H3,(H,29,30). The smallest absolute Gasteiger partial charge is 0.303 e. The van der Waals surface area contributed by atoms with E-state index in [4.69, 9.17) is 4.74 Å². The van der Waals surface area contributed by atoms with Gasteiger partial charge in [0.05, 0.1) is 6.61 Å². The number of ether oxygens (including phenoxy) is 1. The molecule has 0 aliphatic heterocycles. The number of rotatable bonds is 8. The highest BCUT2D eigenvalue weighted by atomic mass is 16.5. The van der Waals surface area contributed by atoms with Crippen LogP contribution in [0.3, 0.4) is 0 Å². The van der Waals surface area contributed by atoms with Gasteiger partial charge in [-0.15, -0.1) is 0 Å². The van der Waals surface area contributed by atoms with E-state index >= 15 is 0 Å². The topological polar surface area (TPSA) is 49.8 Å². The zero-order valence-corrected chi connectivity index (χ0v) is 18.4. The largest absolute Gasteiger partial charge is 0.492 e. The molecule has 0 atom stereocenters. The molecule has 0 saturated heterocycles. The predicted molar refractivity (Wildman–Crippen MR) is 127 cm³/mol. The average Bonchev–Trinajstić information content (AvgIpc) is 3.29. The zero-order valence-electron chi connectivity index (χ0n) is 18.4. The lowest BCUT2D eigenvalue weighted by molar-refractivity contribution is -0.136. The first-order valence-electron chi connectivity index (χ1n) is 11.2. The number of aryl methyl sites for hydroxylation is 1. The Morgan fingerprint density at radius 1 is 1.03 bits per heavy atom. The van der Waals surface area contributed by atoms with Gasteiger partial charge in [-0.3, -0.25) is 4.79 Å². The lowest BCUT2D eigenvalue weighted by atomic mass is 9.96. The van der Waals surface area contributed by atoms with Crippen LogP contribution in [0.5, 0.6) is 5.75 Å². The summed E-state index contributed by atoms with van der Waals surface area (Å²) < 4.78 is 6.40. The molecule has 1 fully saturated rings. The van der Waals surface area contributed by atoms with E-state index in [1.807, 2.05) is 26.2 Å². The van der Waals surface area contributed by atoms with E-state index in [1.165, 1.54) is 42.1 Å². The molecule has 4 heteroatoms. The number of para-hydroxylation sites is 1. The number of benzene rings is 3. The molecule has 31 heavy (non-hydrogen) atoms. The molecule has 1 saturated carbocycles. The number of aliphatic carboxylic acids is 1. The third-order valence-corrected chi connectivity index (χ3v) is 6.29. The molecule has 3 aromatic rings. The summed E-state index contributed by atoms with van der Waals surface area (Å²) in [4.78, 5) is 13.3. The first-order valence-corrected chi connectivity index (χ1v) is 11.2. The van der Waals surface area contributed by atoms with Crippen molar-refractivity contribution < 1.29 is 14.6 Å². The molecular weight excluding hydrogens is 386 g/mol. The average molecular weight is 418 g/mol. The molecule has 0 aromatic heterocycles. The Morgan fingerprint density at radius 3 is 2.52 bits per heavy atom. The minimum atomic E-state index is -0.783. The normalized spacial score (nSPS) is 14.1. The van der Waals surface area contributed by atoms with Gasteiger partial charge in [0.1, 0.15) is 5.75 Å². The Kier molecular flexibility index (Phi) is 6.45. The van der Waals surface area contributed by atoms with Crippen LogP contribution in [0.15, 0.2) is 54.6 Å². The fraction of sp³-hybridized carbons (Fsp3) is 0.370. The van der Waals surface area contributed by atoms with Crippen LogP contribution in [0.25, 0.3) is 21.9 Å². The van der Waals surface area contributed by atoms with Gasteiger partial charge in [-0.25, -0.2) is 0 Å². The molecule has 162 valence electrons. The second kappa shape index (κ2) is 9.42. The SMILES string of the molecule is CN(C)c1ccc2cc(-c3cccc(CCC(=O)O)c3OCC3CCCC3)ccc2c1. The van der Waals surface area contributed by atoms with Crippen LogP contribution in [0.4, 0.5) is 5.69 Å². The van der Waals surface area contributed by atoms with Gasteiger partial charge in [0.25, 0.3) is 0 Å². The van der Waals surface area contributed by atoms with E-state index in [0.717, 1.165) is 22.4 Å². The van der Waals surface area contributed by atoms with Crippen LogP contribution in [-0.4, -0.2) is 31.8 Å². The Bertz CT molecular complexity index is 1070. The van der Waals surface area contributed by atoms with Gasteiger partial charge < -0.3 is 14.7 Å². The molecule has 1 N–H and O–H groups in total. The fourth-order valence-corrected chi connectivity index (χ4v) is 4.48. The Labute approximate surface area is 184 Å². The molecule has 0 unspecified atom stereocenters. The maximum atomic E-state index is 11.2. The van der Waals surface area contributed by atoms with E-state index in [2.05, 4.69) is 47.4 Å². The Balaban J connectivity index is 1.70. The molecule has 0 heterocycles. The molecular formula is C27H31NO3. The quantitative estimate of drug-likeness (QED) is 0.477. The number of carbonyl (C=O) groups is 1. The minimum absolute atomic E-state index is 0.105. The van der Waals surface area contributed by atoms with E-state index in [9.17, 15) is 9.90 Å². The van der Waals surface area contributed by atoms with Crippen molar-refractivity contribution >= 4 is 22.4 Å². The molecule has 0 bridgehead atoms.